The van der Waals surface area contributed by atoms with Gasteiger partial charge in [-0.2, -0.15) is 0 Å². The van der Waals surface area contributed by atoms with Gasteiger partial charge in [0.05, 0.1) is 5.02 Å². The van der Waals surface area contributed by atoms with E-state index in [4.69, 9.17) is 11.6 Å². The Hall–Kier alpha value is -0.890. The molecule has 2 nitrogen and oxygen atoms in total. The van der Waals surface area contributed by atoms with Crippen molar-refractivity contribution >= 4 is 11.6 Å². The van der Waals surface area contributed by atoms with Crippen LogP contribution in [0, 0.1) is 0 Å². The van der Waals surface area contributed by atoms with Gasteiger partial charge in [-0.25, -0.2) is 0 Å². The molecule has 82 valence electrons. The highest BCUT2D eigenvalue weighted by Crippen LogP contribution is 2.40. The van der Waals surface area contributed by atoms with Crippen molar-refractivity contribution in [2.45, 2.75) is 38.0 Å². The van der Waals surface area contributed by atoms with Crippen molar-refractivity contribution in [1.29, 1.82) is 0 Å². The molecule has 1 fully saturated rings. The van der Waals surface area contributed by atoms with Gasteiger partial charge in [0.1, 0.15) is 11.5 Å². The van der Waals surface area contributed by atoms with E-state index in [1.54, 1.807) is 6.07 Å². The number of aromatic hydroxyl groups is 2. The van der Waals surface area contributed by atoms with Crippen LogP contribution in [0.2, 0.25) is 5.02 Å². The Kier molecular flexibility index (Phi) is 3.06. The van der Waals surface area contributed by atoms with Gasteiger partial charge in [-0.15, -0.1) is 0 Å². The van der Waals surface area contributed by atoms with E-state index in [2.05, 4.69) is 0 Å². The number of phenols is 2. The Morgan fingerprint density at radius 1 is 1.00 bits per heavy atom. The van der Waals surface area contributed by atoms with Crippen LogP contribution in [0.15, 0.2) is 12.1 Å². The van der Waals surface area contributed by atoms with Crippen LogP contribution in [0.4, 0.5) is 0 Å². The molecule has 0 bridgehead atoms. The fourth-order valence-electron chi connectivity index (χ4n) is 2.31. The molecule has 0 aliphatic heterocycles. The van der Waals surface area contributed by atoms with E-state index in [9.17, 15) is 10.2 Å². The molecule has 0 unspecified atom stereocenters. The molecule has 1 aromatic carbocycles. The minimum atomic E-state index is -0.0475. The van der Waals surface area contributed by atoms with Gasteiger partial charge >= 0.3 is 0 Å². The quantitative estimate of drug-likeness (QED) is 0.765. The normalized spacial score (nSPS) is 17.9. The summed E-state index contributed by atoms with van der Waals surface area (Å²) in [6.07, 6.45) is 5.91. The molecule has 1 aliphatic carbocycles. The van der Waals surface area contributed by atoms with Gasteiger partial charge in [0, 0.05) is 6.07 Å². The third-order valence-corrected chi connectivity index (χ3v) is 3.44. The number of phenolic OH excluding ortho intramolecular Hbond substituents is 2. The number of rotatable bonds is 1. The molecule has 1 saturated carbocycles. The maximum absolute atomic E-state index is 9.75. The molecule has 15 heavy (non-hydrogen) atoms. The predicted octanol–water partition coefficient (Wildman–Crippen LogP) is 3.80. The lowest BCUT2D eigenvalue weighted by atomic mass is 9.83. The molecule has 3 heteroatoms. The maximum atomic E-state index is 9.75. The van der Waals surface area contributed by atoms with E-state index in [1.165, 1.54) is 25.3 Å². The Bertz CT molecular complexity index is 357. The van der Waals surface area contributed by atoms with E-state index in [1.807, 2.05) is 0 Å². The summed E-state index contributed by atoms with van der Waals surface area (Å²) in [6.45, 7) is 0. The monoisotopic (exact) mass is 226 g/mol. The lowest BCUT2D eigenvalue weighted by Gasteiger charge is -2.23. The first-order chi connectivity index (χ1) is 7.18. The first kappa shape index (κ1) is 10.6. The minimum absolute atomic E-state index is 0.0475. The van der Waals surface area contributed by atoms with E-state index in [-0.39, 0.29) is 11.5 Å². The molecule has 0 spiro atoms. The van der Waals surface area contributed by atoms with Crippen molar-refractivity contribution in [3.63, 3.8) is 0 Å². The average Bonchev–Trinajstić information content (AvgIpc) is 2.25. The molecular weight excluding hydrogens is 212 g/mol. The Morgan fingerprint density at radius 2 is 1.67 bits per heavy atom. The zero-order valence-corrected chi connectivity index (χ0v) is 9.30. The van der Waals surface area contributed by atoms with Gasteiger partial charge in [0.15, 0.2) is 0 Å². The summed E-state index contributed by atoms with van der Waals surface area (Å²) in [7, 11) is 0. The molecule has 0 amide bonds. The Morgan fingerprint density at radius 3 is 2.33 bits per heavy atom. The van der Waals surface area contributed by atoms with E-state index in [0.717, 1.165) is 18.4 Å². The smallest absolute Gasteiger partial charge is 0.137 e. The highest BCUT2D eigenvalue weighted by molar-refractivity contribution is 6.32. The topological polar surface area (TPSA) is 40.5 Å². The summed E-state index contributed by atoms with van der Waals surface area (Å²) < 4.78 is 0. The van der Waals surface area contributed by atoms with Crippen LogP contribution in [-0.2, 0) is 0 Å². The van der Waals surface area contributed by atoms with Crippen molar-refractivity contribution in [3.8, 4) is 11.5 Å². The summed E-state index contributed by atoms with van der Waals surface area (Å²) in [5.41, 5.74) is 0.887. The van der Waals surface area contributed by atoms with Gasteiger partial charge in [-0.05, 0) is 30.4 Å². The maximum Gasteiger partial charge on any atom is 0.137 e. The van der Waals surface area contributed by atoms with Crippen LogP contribution in [0.3, 0.4) is 0 Å². The first-order valence-corrected chi connectivity index (χ1v) is 5.77. The fraction of sp³-hybridized carbons (Fsp3) is 0.500. The SMILES string of the molecule is Oc1cc(O)c(C2CCCCC2)cc1Cl. The molecule has 0 atom stereocenters. The van der Waals surface area contributed by atoms with Gasteiger partial charge in [0.25, 0.3) is 0 Å². The summed E-state index contributed by atoms with van der Waals surface area (Å²) >= 11 is 5.84. The lowest BCUT2D eigenvalue weighted by Crippen LogP contribution is -2.04. The zero-order valence-electron chi connectivity index (χ0n) is 8.54. The second-order valence-corrected chi connectivity index (χ2v) is 4.60. The summed E-state index contributed by atoms with van der Waals surface area (Å²) in [5, 5.41) is 19.4. The van der Waals surface area contributed by atoms with Crippen LogP contribution >= 0.6 is 11.6 Å². The molecule has 0 saturated heterocycles. The molecular formula is C12H15ClO2. The first-order valence-electron chi connectivity index (χ1n) is 5.40. The van der Waals surface area contributed by atoms with E-state index < -0.39 is 0 Å². The van der Waals surface area contributed by atoms with E-state index in [0.29, 0.717) is 10.9 Å². The lowest BCUT2D eigenvalue weighted by molar-refractivity contribution is 0.409. The number of hydrogen-bond acceptors (Lipinski definition) is 2. The summed E-state index contributed by atoms with van der Waals surface area (Å²) in [5.74, 6) is 0.523. The van der Waals surface area contributed by atoms with Gasteiger partial charge in [-0.3, -0.25) is 0 Å². The standard InChI is InChI=1S/C12H15ClO2/c13-10-6-9(11(14)7-12(10)15)8-4-2-1-3-5-8/h6-8,14-15H,1-5H2. The fourth-order valence-corrected chi connectivity index (χ4v) is 2.48. The predicted molar refractivity (Wildman–Crippen MR) is 60.6 cm³/mol. The van der Waals surface area contributed by atoms with Crippen molar-refractivity contribution in [1.82, 2.24) is 0 Å². The summed E-state index contributed by atoms with van der Waals surface area (Å²) in [6, 6.07) is 3.04. The molecule has 2 rings (SSSR count). The summed E-state index contributed by atoms with van der Waals surface area (Å²) in [4.78, 5) is 0. The third-order valence-electron chi connectivity index (χ3n) is 3.14. The van der Waals surface area contributed by atoms with Crippen LogP contribution < -0.4 is 0 Å². The van der Waals surface area contributed by atoms with Crippen molar-refractivity contribution in [3.05, 3.63) is 22.7 Å². The molecule has 0 radical (unpaired) electrons. The van der Waals surface area contributed by atoms with Crippen molar-refractivity contribution in [2.75, 3.05) is 0 Å². The number of halogens is 1. The van der Waals surface area contributed by atoms with Crippen LogP contribution in [0.25, 0.3) is 0 Å². The average molecular weight is 227 g/mol. The molecule has 2 N–H and O–H groups in total. The largest absolute Gasteiger partial charge is 0.508 e. The van der Waals surface area contributed by atoms with Gasteiger partial charge in [-0.1, -0.05) is 30.9 Å². The highest BCUT2D eigenvalue weighted by Gasteiger charge is 2.19. The van der Waals surface area contributed by atoms with Crippen LogP contribution in [0.5, 0.6) is 11.5 Å². The Labute approximate surface area is 94.5 Å². The zero-order chi connectivity index (χ0) is 10.8. The van der Waals surface area contributed by atoms with Crippen molar-refractivity contribution < 1.29 is 10.2 Å². The third kappa shape index (κ3) is 2.20. The minimum Gasteiger partial charge on any atom is -0.508 e. The van der Waals surface area contributed by atoms with Gasteiger partial charge < -0.3 is 10.2 Å². The second kappa shape index (κ2) is 4.31. The Balaban J connectivity index is 2.30. The van der Waals surface area contributed by atoms with Crippen LogP contribution in [0.1, 0.15) is 43.6 Å². The number of hydrogen-bond donors (Lipinski definition) is 2. The van der Waals surface area contributed by atoms with E-state index >= 15 is 0 Å². The number of benzene rings is 1. The highest BCUT2D eigenvalue weighted by atomic mass is 35.5. The van der Waals surface area contributed by atoms with Crippen molar-refractivity contribution in [2.24, 2.45) is 0 Å². The molecule has 0 aromatic heterocycles. The molecule has 1 aromatic rings. The molecule has 1 aliphatic rings. The molecule has 0 heterocycles. The van der Waals surface area contributed by atoms with Crippen LogP contribution in [-0.4, -0.2) is 10.2 Å². The van der Waals surface area contributed by atoms with Gasteiger partial charge in [0.2, 0.25) is 0 Å². The second-order valence-electron chi connectivity index (χ2n) is 4.20.